The van der Waals surface area contributed by atoms with Gasteiger partial charge in [-0.15, -0.1) is 0 Å². The van der Waals surface area contributed by atoms with Crippen molar-refractivity contribution in [2.24, 2.45) is 5.14 Å². The molecule has 0 fully saturated rings. The molecular formula is C20H24N2O6S. The Hall–Kier alpha value is -2.91. The molecule has 0 aromatic heterocycles. The van der Waals surface area contributed by atoms with E-state index in [1.54, 1.807) is 12.1 Å². The number of sulfonamides is 1. The van der Waals surface area contributed by atoms with E-state index in [9.17, 15) is 18.0 Å². The molecule has 2 aromatic rings. The standard InChI is InChI=1S/C20H24N2O6S/c1-14-9-15(2)11-17(10-14)27-13-20(24)28-12-19(23)22-8-7-16-3-5-18(6-4-16)29(21,25)26/h3-6,9-11H,7-8,12-13H2,1-2H3,(H,22,23)(H2,21,25,26). The zero-order valence-electron chi connectivity index (χ0n) is 16.3. The van der Waals surface area contributed by atoms with E-state index in [2.05, 4.69) is 5.32 Å². The monoisotopic (exact) mass is 420 g/mol. The highest BCUT2D eigenvalue weighted by atomic mass is 32.2. The molecule has 0 heterocycles. The Bertz CT molecular complexity index is 951. The second-order valence-electron chi connectivity index (χ2n) is 6.56. The quantitative estimate of drug-likeness (QED) is 0.588. The van der Waals surface area contributed by atoms with Gasteiger partial charge >= 0.3 is 5.97 Å². The van der Waals surface area contributed by atoms with Crippen LogP contribution in [0.5, 0.6) is 5.75 Å². The molecule has 2 rings (SSSR count). The summed E-state index contributed by atoms with van der Waals surface area (Å²) in [5, 5.41) is 7.66. The number of primary sulfonamides is 1. The molecule has 29 heavy (non-hydrogen) atoms. The summed E-state index contributed by atoms with van der Waals surface area (Å²) in [5.74, 6) is -0.513. The predicted molar refractivity (Wildman–Crippen MR) is 107 cm³/mol. The van der Waals surface area contributed by atoms with Crippen LogP contribution in [0.4, 0.5) is 0 Å². The first kappa shape index (κ1) is 22.4. The minimum absolute atomic E-state index is 0.0280. The minimum Gasteiger partial charge on any atom is -0.482 e. The number of aryl methyl sites for hydroxylation is 2. The molecule has 0 atom stereocenters. The Morgan fingerprint density at radius 3 is 2.21 bits per heavy atom. The van der Waals surface area contributed by atoms with Gasteiger partial charge in [0, 0.05) is 6.54 Å². The van der Waals surface area contributed by atoms with E-state index in [0.29, 0.717) is 18.7 Å². The van der Waals surface area contributed by atoms with Gasteiger partial charge in [0.15, 0.2) is 13.2 Å². The van der Waals surface area contributed by atoms with Gasteiger partial charge in [-0.25, -0.2) is 18.4 Å². The summed E-state index contributed by atoms with van der Waals surface area (Å²) in [5.41, 5.74) is 2.87. The molecule has 3 N–H and O–H groups in total. The maximum absolute atomic E-state index is 11.8. The number of nitrogens with one attached hydrogen (secondary N) is 1. The molecule has 2 aromatic carbocycles. The maximum Gasteiger partial charge on any atom is 0.344 e. The second kappa shape index (κ2) is 10.0. The largest absolute Gasteiger partial charge is 0.482 e. The van der Waals surface area contributed by atoms with Crippen LogP contribution in [0.2, 0.25) is 0 Å². The number of nitrogens with two attached hydrogens (primary N) is 1. The first-order valence-corrected chi connectivity index (χ1v) is 10.4. The highest BCUT2D eigenvalue weighted by Crippen LogP contribution is 2.16. The van der Waals surface area contributed by atoms with Crippen LogP contribution in [-0.4, -0.2) is 40.1 Å². The fourth-order valence-electron chi connectivity index (χ4n) is 2.59. The number of rotatable bonds is 9. The van der Waals surface area contributed by atoms with Crippen LogP contribution in [0.3, 0.4) is 0 Å². The van der Waals surface area contributed by atoms with E-state index in [1.165, 1.54) is 12.1 Å². The van der Waals surface area contributed by atoms with Gasteiger partial charge in [-0.2, -0.15) is 0 Å². The highest BCUT2D eigenvalue weighted by Gasteiger charge is 2.10. The van der Waals surface area contributed by atoms with E-state index in [4.69, 9.17) is 14.6 Å². The minimum atomic E-state index is -3.72. The highest BCUT2D eigenvalue weighted by molar-refractivity contribution is 7.89. The van der Waals surface area contributed by atoms with Gasteiger partial charge in [-0.1, -0.05) is 18.2 Å². The maximum atomic E-state index is 11.8. The average molecular weight is 420 g/mol. The molecule has 9 heteroatoms. The van der Waals surface area contributed by atoms with Crippen LogP contribution in [0.15, 0.2) is 47.4 Å². The van der Waals surface area contributed by atoms with Gasteiger partial charge in [0.2, 0.25) is 10.0 Å². The third-order valence-corrected chi connectivity index (χ3v) is 4.83. The summed E-state index contributed by atoms with van der Waals surface area (Å²) in [6.45, 7) is 3.48. The number of esters is 1. The Kier molecular flexibility index (Phi) is 7.74. The van der Waals surface area contributed by atoms with Crippen molar-refractivity contribution >= 4 is 21.9 Å². The smallest absolute Gasteiger partial charge is 0.344 e. The number of amides is 1. The summed E-state index contributed by atoms with van der Waals surface area (Å²) in [6.07, 6.45) is 0.487. The number of benzene rings is 2. The van der Waals surface area contributed by atoms with Crippen molar-refractivity contribution in [2.45, 2.75) is 25.2 Å². The number of carbonyl (C=O) groups is 2. The van der Waals surface area contributed by atoms with Crippen molar-refractivity contribution < 1.29 is 27.5 Å². The van der Waals surface area contributed by atoms with Crippen LogP contribution in [0, 0.1) is 13.8 Å². The van der Waals surface area contributed by atoms with Crippen LogP contribution in [-0.2, 0) is 30.8 Å². The van der Waals surface area contributed by atoms with E-state index in [0.717, 1.165) is 16.7 Å². The lowest BCUT2D eigenvalue weighted by Crippen LogP contribution is -2.31. The predicted octanol–water partition coefficient (Wildman–Crippen LogP) is 1.23. The summed E-state index contributed by atoms with van der Waals surface area (Å²) in [4.78, 5) is 23.5. The molecule has 0 saturated heterocycles. The molecule has 0 bridgehead atoms. The fourth-order valence-corrected chi connectivity index (χ4v) is 3.10. The zero-order valence-corrected chi connectivity index (χ0v) is 17.1. The normalized spacial score (nSPS) is 11.0. The van der Waals surface area contributed by atoms with Crippen molar-refractivity contribution in [2.75, 3.05) is 19.8 Å². The third-order valence-electron chi connectivity index (χ3n) is 3.90. The molecule has 0 aliphatic rings. The lowest BCUT2D eigenvalue weighted by molar-refractivity contribution is -0.150. The molecular weight excluding hydrogens is 396 g/mol. The number of ether oxygens (including phenoxy) is 2. The van der Waals surface area contributed by atoms with Crippen molar-refractivity contribution in [3.8, 4) is 5.75 Å². The molecule has 0 saturated carbocycles. The van der Waals surface area contributed by atoms with Gasteiger partial charge in [-0.05, 0) is 61.2 Å². The Morgan fingerprint density at radius 2 is 1.62 bits per heavy atom. The fraction of sp³-hybridized carbons (Fsp3) is 0.300. The van der Waals surface area contributed by atoms with Crippen LogP contribution < -0.4 is 15.2 Å². The molecule has 156 valence electrons. The number of hydrogen-bond acceptors (Lipinski definition) is 6. The topological polar surface area (TPSA) is 125 Å². The number of carbonyl (C=O) groups excluding carboxylic acids is 2. The van der Waals surface area contributed by atoms with Crippen molar-refractivity contribution in [3.05, 3.63) is 59.2 Å². The van der Waals surface area contributed by atoms with Crippen molar-refractivity contribution in [1.82, 2.24) is 5.32 Å². The average Bonchev–Trinajstić information content (AvgIpc) is 2.63. The lowest BCUT2D eigenvalue weighted by atomic mass is 10.1. The van der Waals surface area contributed by atoms with Crippen LogP contribution in [0.25, 0.3) is 0 Å². The summed E-state index contributed by atoms with van der Waals surface area (Å²) < 4.78 is 32.7. The first-order valence-electron chi connectivity index (χ1n) is 8.88. The third kappa shape index (κ3) is 7.92. The molecule has 0 aliphatic carbocycles. The summed E-state index contributed by atoms with van der Waals surface area (Å²) in [6, 6.07) is 11.7. The lowest BCUT2D eigenvalue weighted by Gasteiger charge is -2.09. The Balaban J connectivity index is 1.67. The molecule has 0 radical (unpaired) electrons. The van der Waals surface area contributed by atoms with Gasteiger partial charge in [0.05, 0.1) is 4.90 Å². The molecule has 0 aliphatic heterocycles. The second-order valence-corrected chi connectivity index (χ2v) is 8.12. The van der Waals surface area contributed by atoms with Gasteiger partial charge in [0.1, 0.15) is 5.75 Å². The molecule has 1 amide bonds. The first-order chi connectivity index (χ1) is 13.6. The Labute approximate surface area is 170 Å². The molecule has 0 unspecified atom stereocenters. The molecule has 0 spiro atoms. The van der Waals surface area contributed by atoms with Crippen LogP contribution >= 0.6 is 0 Å². The van der Waals surface area contributed by atoms with Crippen LogP contribution in [0.1, 0.15) is 16.7 Å². The van der Waals surface area contributed by atoms with Gasteiger partial charge < -0.3 is 14.8 Å². The number of hydrogen-bond donors (Lipinski definition) is 2. The zero-order chi connectivity index (χ0) is 21.4. The summed E-state index contributed by atoms with van der Waals surface area (Å²) in [7, 11) is -3.72. The Morgan fingerprint density at radius 1 is 1.00 bits per heavy atom. The van der Waals surface area contributed by atoms with E-state index in [1.807, 2.05) is 32.0 Å². The van der Waals surface area contributed by atoms with Gasteiger partial charge in [-0.3, -0.25) is 4.79 Å². The van der Waals surface area contributed by atoms with E-state index in [-0.39, 0.29) is 11.5 Å². The van der Waals surface area contributed by atoms with Gasteiger partial charge in [0.25, 0.3) is 5.91 Å². The molecule has 8 nitrogen and oxygen atoms in total. The van der Waals surface area contributed by atoms with Crippen molar-refractivity contribution in [1.29, 1.82) is 0 Å². The van der Waals surface area contributed by atoms with Crippen molar-refractivity contribution in [3.63, 3.8) is 0 Å². The van der Waals surface area contributed by atoms with E-state index < -0.39 is 28.5 Å². The summed E-state index contributed by atoms with van der Waals surface area (Å²) >= 11 is 0. The van der Waals surface area contributed by atoms with E-state index >= 15 is 0 Å². The SMILES string of the molecule is Cc1cc(C)cc(OCC(=O)OCC(=O)NCCc2ccc(S(N)(=O)=O)cc2)c1.